The van der Waals surface area contributed by atoms with Crippen LogP contribution < -0.4 is 15.4 Å². The fraction of sp³-hybridized carbons (Fsp3) is 0.238. The molecule has 164 valence electrons. The van der Waals surface area contributed by atoms with Crippen molar-refractivity contribution in [3.8, 4) is 5.75 Å². The second kappa shape index (κ2) is 10.8. The number of esters is 1. The molecule has 0 saturated heterocycles. The Morgan fingerprint density at radius 2 is 1.68 bits per heavy atom. The van der Waals surface area contributed by atoms with E-state index in [-0.39, 0.29) is 17.1 Å². The molecule has 2 amide bonds. The summed E-state index contributed by atoms with van der Waals surface area (Å²) in [7, 11) is 0. The zero-order valence-corrected chi connectivity index (χ0v) is 16.7. The summed E-state index contributed by atoms with van der Waals surface area (Å²) in [5.41, 5.74) is 0.905. The van der Waals surface area contributed by atoms with E-state index < -0.39 is 37.0 Å². The Kier molecular flexibility index (Phi) is 8.18. The van der Waals surface area contributed by atoms with Gasteiger partial charge in [0.15, 0.2) is 11.9 Å². The first kappa shape index (κ1) is 23.5. The molecule has 0 aliphatic carbocycles. The molecule has 10 heteroatoms. The van der Waals surface area contributed by atoms with Gasteiger partial charge in [0.1, 0.15) is 12.3 Å². The lowest BCUT2D eigenvalue weighted by molar-refractivity contribution is -0.152. The number of Topliss-reactive ketones (excluding diaryl/α,β-unsaturated/α-hetero) is 1. The third-order valence-corrected chi connectivity index (χ3v) is 3.95. The molecule has 1 atom stereocenters. The van der Waals surface area contributed by atoms with Crippen LogP contribution in [0.3, 0.4) is 0 Å². The quantitative estimate of drug-likeness (QED) is 0.464. The van der Waals surface area contributed by atoms with Crippen LogP contribution in [0, 0.1) is 0 Å². The van der Waals surface area contributed by atoms with Gasteiger partial charge in [-0.2, -0.15) is 8.78 Å². The third-order valence-electron chi connectivity index (χ3n) is 3.95. The van der Waals surface area contributed by atoms with Crippen molar-refractivity contribution in [1.82, 2.24) is 5.32 Å². The van der Waals surface area contributed by atoms with Crippen LogP contribution >= 0.6 is 0 Å². The first-order chi connectivity index (χ1) is 14.7. The van der Waals surface area contributed by atoms with E-state index in [4.69, 9.17) is 4.74 Å². The predicted octanol–water partition coefficient (Wildman–Crippen LogP) is 2.79. The number of benzene rings is 2. The number of amides is 2. The standard InChI is InChI=1S/C21H20F2N2O6/c1-12(26)14-6-8-16(9-7-14)25-19(28)13(2)30-18(27)11-24-20(29)15-4-3-5-17(10-15)31-21(22)23/h3-10,13,21H,11H2,1-2H3,(H,24,29)(H,25,28). The smallest absolute Gasteiger partial charge is 0.387 e. The zero-order valence-electron chi connectivity index (χ0n) is 16.7. The van der Waals surface area contributed by atoms with Gasteiger partial charge in [-0.05, 0) is 56.3 Å². The van der Waals surface area contributed by atoms with Crippen molar-refractivity contribution in [3.63, 3.8) is 0 Å². The van der Waals surface area contributed by atoms with E-state index >= 15 is 0 Å². The van der Waals surface area contributed by atoms with Gasteiger partial charge >= 0.3 is 12.6 Å². The van der Waals surface area contributed by atoms with E-state index in [1.54, 1.807) is 12.1 Å². The summed E-state index contributed by atoms with van der Waals surface area (Å²) >= 11 is 0. The molecule has 31 heavy (non-hydrogen) atoms. The number of hydrogen-bond donors (Lipinski definition) is 2. The Labute approximate surface area is 176 Å². The molecule has 0 aliphatic heterocycles. The minimum Gasteiger partial charge on any atom is -0.451 e. The van der Waals surface area contributed by atoms with Crippen molar-refractivity contribution >= 4 is 29.3 Å². The second-order valence-corrected chi connectivity index (χ2v) is 6.34. The van der Waals surface area contributed by atoms with Gasteiger partial charge in [-0.3, -0.25) is 19.2 Å². The molecule has 0 bridgehead atoms. The van der Waals surface area contributed by atoms with Crippen LogP contribution in [-0.2, 0) is 14.3 Å². The summed E-state index contributed by atoms with van der Waals surface area (Å²) < 4.78 is 33.7. The van der Waals surface area contributed by atoms with E-state index in [0.717, 1.165) is 6.07 Å². The van der Waals surface area contributed by atoms with Crippen molar-refractivity contribution in [1.29, 1.82) is 0 Å². The maximum absolute atomic E-state index is 12.3. The summed E-state index contributed by atoms with van der Waals surface area (Å²) in [6.07, 6.45) is -1.15. The highest BCUT2D eigenvalue weighted by molar-refractivity contribution is 5.98. The normalized spacial score (nSPS) is 11.4. The number of alkyl halides is 2. The molecule has 2 N–H and O–H groups in total. The average molecular weight is 434 g/mol. The van der Waals surface area contributed by atoms with Crippen LogP contribution in [0.1, 0.15) is 34.6 Å². The molecule has 0 heterocycles. The Morgan fingerprint density at radius 1 is 1.00 bits per heavy atom. The highest BCUT2D eigenvalue weighted by Crippen LogP contribution is 2.16. The van der Waals surface area contributed by atoms with Crippen LogP contribution in [0.15, 0.2) is 48.5 Å². The fourth-order valence-corrected chi connectivity index (χ4v) is 2.39. The van der Waals surface area contributed by atoms with Gasteiger partial charge < -0.3 is 20.1 Å². The molecular formula is C21H20F2N2O6. The minimum atomic E-state index is -3.03. The number of nitrogens with one attached hydrogen (secondary N) is 2. The van der Waals surface area contributed by atoms with Crippen molar-refractivity contribution in [3.05, 3.63) is 59.7 Å². The first-order valence-corrected chi connectivity index (χ1v) is 9.10. The topological polar surface area (TPSA) is 111 Å². The van der Waals surface area contributed by atoms with Gasteiger partial charge in [-0.1, -0.05) is 6.07 Å². The van der Waals surface area contributed by atoms with Gasteiger partial charge in [-0.25, -0.2) is 0 Å². The van der Waals surface area contributed by atoms with Crippen LogP contribution in [-0.4, -0.2) is 42.8 Å². The fourth-order valence-electron chi connectivity index (χ4n) is 2.39. The molecule has 0 aromatic heterocycles. The lowest BCUT2D eigenvalue weighted by atomic mass is 10.1. The summed E-state index contributed by atoms with van der Waals surface area (Å²) in [6.45, 7) is -0.802. The summed E-state index contributed by atoms with van der Waals surface area (Å²) in [5.74, 6) is -2.50. The highest BCUT2D eigenvalue weighted by atomic mass is 19.3. The number of ether oxygens (including phenoxy) is 2. The number of carbonyl (C=O) groups excluding carboxylic acids is 4. The number of ketones is 1. The highest BCUT2D eigenvalue weighted by Gasteiger charge is 2.19. The summed E-state index contributed by atoms with van der Waals surface area (Å²) in [6, 6.07) is 11.2. The van der Waals surface area contributed by atoms with Crippen molar-refractivity contribution in [2.75, 3.05) is 11.9 Å². The summed E-state index contributed by atoms with van der Waals surface area (Å²) in [5, 5.41) is 4.81. The molecule has 0 spiro atoms. The van der Waals surface area contributed by atoms with Crippen LogP contribution in [0.2, 0.25) is 0 Å². The van der Waals surface area contributed by atoms with Crippen LogP contribution in [0.4, 0.5) is 14.5 Å². The molecule has 0 radical (unpaired) electrons. The lowest BCUT2D eigenvalue weighted by Gasteiger charge is -2.14. The number of carbonyl (C=O) groups is 4. The Morgan fingerprint density at radius 3 is 2.29 bits per heavy atom. The van der Waals surface area contributed by atoms with Gasteiger partial charge in [0.2, 0.25) is 0 Å². The third kappa shape index (κ3) is 7.50. The second-order valence-electron chi connectivity index (χ2n) is 6.34. The molecule has 8 nitrogen and oxygen atoms in total. The number of rotatable bonds is 9. The van der Waals surface area contributed by atoms with Crippen molar-refractivity contribution in [2.45, 2.75) is 26.6 Å². The minimum absolute atomic E-state index is 0.00532. The van der Waals surface area contributed by atoms with E-state index in [0.29, 0.717) is 11.3 Å². The molecule has 2 rings (SSSR count). The molecular weight excluding hydrogens is 414 g/mol. The average Bonchev–Trinajstić information content (AvgIpc) is 2.72. The molecule has 0 aliphatic rings. The Bertz CT molecular complexity index is 963. The predicted molar refractivity (Wildman–Crippen MR) is 106 cm³/mol. The van der Waals surface area contributed by atoms with Crippen molar-refractivity contribution < 1.29 is 37.4 Å². The van der Waals surface area contributed by atoms with Crippen LogP contribution in [0.5, 0.6) is 5.75 Å². The molecule has 0 saturated carbocycles. The lowest BCUT2D eigenvalue weighted by Crippen LogP contribution is -2.35. The molecule has 2 aromatic carbocycles. The van der Waals surface area contributed by atoms with Gasteiger partial charge in [0, 0.05) is 16.8 Å². The van der Waals surface area contributed by atoms with E-state index in [2.05, 4.69) is 15.4 Å². The monoisotopic (exact) mass is 434 g/mol. The molecule has 0 fully saturated rings. The van der Waals surface area contributed by atoms with Crippen LogP contribution in [0.25, 0.3) is 0 Å². The maximum Gasteiger partial charge on any atom is 0.387 e. The van der Waals surface area contributed by atoms with Gasteiger partial charge in [0.25, 0.3) is 11.8 Å². The Hall–Kier alpha value is -3.82. The zero-order chi connectivity index (χ0) is 23.0. The number of anilines is 1. The number of hydrogen-bond acceptors (Lipinski definition) is 6. The summed E-state index contributed by atoms with van der Waals surface area (Å²) in [4.78, 5) is 47.3. The van der Waals surface area contributed by atoms with Gasteiger partial charge in [-0.15, -0.1) is 0 Å². The largest absolute Gasteiger partial charge is 0.451 e. The van der Waals surface area contributed by atoms with Gasteiger partial charge in [0.05, 0.1) is 0 Å². The SMILES string of the molecule is CC(=O)c1ccc(NC(=O)C(C)OC(=O)CNC(=O)c2cccc(OC(F)F)c2)cc1. The maximum atomic E-state index is 12.3. The molecule has 2 aromatic rings. The van der Waals surface area contributed by atoms with E-state index in [9.17, 15) is 28.0 Å². The first-order valence-electron chi connectivity index (χ1n) is 9.10. The van der Waals surface area contributed by atoms with E-state index in [1.807, 2.05) is 0 Å². The molecule has 1 unspecified atom stereocenters. The van der Waals surface area contributed by atoms with Crippen molar-refractivity contribution in [2.24, 2.45) is 0 Å². The Balaban J connectivity index is 1.82. The number of halogens is 2. The van der Waals surface area contributed by atoms with E-state index in [1.165, 1.54) is 44.2 Å².